The van der Waals surface area contributed by atoms with Gasteiger partial charge in [0.2, 0.25) is 5.91 Å². The number of amides is 1. The molecule has 0 aliphatic heterocycles. The van der Waals surface area contributed by atoms with E-state index in [-0.39, 0.29) is 5.91 Å². The van der Waals surface area contributed by atoms with Crippen LogP contribution in [-0.4, -0.2) is 25.0 Å². The summed E-state index contributed by atoms with van der Waals surface area (Å²) in [7, 11) is 3.84. The molecule has 4 nitrogen and oxygen atoms in total. The van der Waals surface area contributed by atoms with Gasteiger partial charge in [-0.2, -0.15) is 0 Å². The number of rotatable bonds is 5. The summed E-state index contributed by atoms with van der Waals surface area (Å²) in [5.41, 5.74) is 2.68. The van der Waals surface area contributed by atoms with Crippen molar-refractivity contribution >= 4 is 35.1 Å². The lowest BCUT2D eigenvalue weighted by Gasteiger charge is -2.13. The van der Waals surface area contributed by atoms with E-state index < -0.39 is 0 Å². The third-order valence-electron chi connectivity index (χ3n) is 3.36. The second-order valence-corrected chi connectivity index (χ2v) is 5.72. The smallest absolute Gasteiger partial charge is 0.248 e. The maximum Gasteiger partial charge on any atom is 0.248 e. The average Bonchev–Trinajstić information content (AvgIpc) is 2.54. The molecular formula is C18H20ClN3O. The van der Waals surface area contributed by atoms with Crippen LogP contribution in [0.5, 0.6) is 0 Å². The predicted octanol–water partition coefficient (Wildman–Crippen LogP) is 4.02. The molecule has 0 radical (unpaired) electrons. The van der Waals surface area contributed by atoms with Crippen LogP contribution in [0.3, 0.4) is 0 Å². The van der Waals surface area contributed by atoms with Crippen molar-refractivity contribution < 1.29 is 4.79 Å². The second kappa shape index (κ2) is 7.79. The van der Waals surface area contributed by atoms with Crippen molar-refractivity contribution in [3.8, 4) is 0 Å². The fourth-order valence-electron chi connectivity index (χ4n) is 2.23. The first kappa shape index (κ1) is 17.0. The van der Waals surface area contributed by atoms with Gasteiger partial charge in [-0.15, -0.1) is 0 Å². The molecule has 2 rings (SSSR count). The molecule has 0 unspecified atom stereocenters. The molecule has 0 spiro atoms. The van der Waals surface area contributed by atoms with E-state index in [1.165, 1.54) is 6.08 Å². The van der Waals surface area contributed by atoms with Gasteiger partial charge in [-0.3, -0.25) is 4.79 Å². The summed E-state index contributed by atoms with van der Waals surface area (Å²) in [5.74, 6) is 0.632. The van der Waals surface area contributed by atoms with E-state index in [0.717, 1.165) is 29.1 Å². The SMILES string of the molecule is CCc1cc(Cl)ccc1NC(=O)/C=C/c1cccnc1N(C)C. The zero-order valence-electron chi connectivity index (χ0n) is 13.5. The molecule has 1 amide bonds. The Morgan fingerprint density at radius 1 is 1.35 bits per heavy atom. The van der Waals surface area contributed by atoms with E-state index in [0.29, 0.717) is 5.02 Å². The van der Waals surface area contributed by atoms with Gasteiger partial charge in [-0.05, 0) is 48.4 Å². The number of hydrogen-bond acceptors (Lipinski definition) is 3. The standard InChI is InChI=1S/C18H20ClN3O/c1-4-13-12-15(19)8-9-16(13)21-17(23)10-7-14-6-5-11-20-18(14)22(2)3/h5-12H,4H2,1-3H3,(H,21,23)/b10-7+. The molecule has 120 valence electrons. The van der Waals surface area contributed by atoms with E-state index >= 15 is 0 Å². The second-order valence-electron chi connectivity index (χ2n) is 5.29. The molecule has 0 aliphatic rings. The fourth-order valence-corrected chi connectivity index (χ4v) is 2.42. The minimum Gasteiger partial charge on any atom is -0.362 e. The lowest BCUT2D eigenvalue weighted by Crippen LogP contribution is -2.12. The molecule has 1 N–H and O–H groups in total. The Labute approximate surface area is 141 Å². The number of halogens is 1. The topological polar surface area (TPSA) is 45.2 Å². The van der Waals surface area contributed by atoms with Crippen LogP contribution in [0.1, 0.15) is 18.1 Å². The Morgan fingerprint density at radius 3 is 2.83 bits per heavy atom. The lowest BCUT2D eigenvalue weighted by atomic mass is 10.1. The van der Waals surface area contributed by atoms with Gasteiger partial charge in [-0.1, -0.05) is 18.5 Å². The number of anilines is 2. The van der Waals surface area contributed by atoms with Crippen molar-refractivity contribution in [1.29, 1.82) is 0 Å². The summed E-state index contributed by atoms with van der Waals surface area (Å²) in [6.45, 7) is 2.02. The molecule has 1 heterocycles. The lowest BCUT2D eigenvalue weighted by molar-refractivity contribution is -0.111. The van der Waals surface area contributed by atoms with Gasteiger partial charge in [0.1, 0.15) is 5.82 Å². The highest BCUT2D eigenvalue weighted by Crippen LogP contribution is 2.21. The van der Waals surface area contributed by atoms with E-state index in [4.69, 9.17) is 11.6 Å². The molecular weight excluding hydrogens is 310 g/mol. The molecule has 23 heavy (non-hydrogen) atoms. The Morgan fingerprint density at radius 2 is 2.13 bits per heavy atom. The number of nitrogens with one attached hydrogen (secondary N) is 1. The van der Waals surface area contributed by atoms with Crippen LogP contribution in [0.25, 0.3) is 6.08 Å². The fraction of sp³-hybridized carbons (Fsp3) is 0.222. The first-order chi connectivity index (χ1) is 11.0. The molecule has 0 saturated heterocycles. The Kier molecular flexibility index (Phi) is 5.77. The van der Waals surface area contributed by atoms with E-state index in [1.54, 1.807) is 18.3 Å². The first-order valence-electron chi connectivity index (χ1n) is 7.41. The zero-order valence-corrected chi connectivity index (χ0v) is 14.3. The highest BCUT2D eigenvalue weighted by Gasteiger charge is 2.06. The van der Waals surface area contributed by atoms with Crippen molar-refractivity contribution in [3.63, 3.8) is 0 Å². The number of aryl methyl sites for hydroxylation is 1. The van der Waals surface area contributed by atoms with Crippen molar-refractivity contribution in [2.75, 3.05) is 24.3 Å². The summed E-state index contributed by atoms with van der Waals surface area (Å²) < 4.78 is 0. The van der Waals surface area contributed by atoms with Crippen LogP contribution < -0.4 is 10.2 Å². The molecule has 0 fully saturated rings. The zero-order chi connectivity index (χ0) is 16.8. The van der Waals surface area contributed by atoms with Gasteiger partial charge < -0.3 is 10.2 Å². The van der Waals surface area contributed by atoms with Crippen LogP contribution in [0.15, 0.2) is 42.6 Å². The number of aromatic nitrogens is 1. The van der Waals surface area contributed by atoms with Crippen molar-refractivity contribution in [1.82, 2.24) is 4.98 Å². The van der Waals surface area contributed by atoms with Crippen LogP contribution in [0, 0.1) is 0 Å². The number of benzene rings is 1. The molecule has 1 aromatic carbocycles. The number of hydrogen-bond donors (Lipinski definition) is 1. The highest BCUT2D eigenvalue weighted by molar-refractivity contribution is 6.30. The van der Waals surface area contributed by atoms with Crippen molar-refractivity contribution in [2.24, 2.45) is 0 Å². The maximum atomic E-state index is 12.2. The van der Waals surface area contributed by atoms with E-state index in [1.807, 2.05) is 50.2 Å². The number of carbonyl (C=O) groups excluding carboxylic acids is 1. The van der Waals surface area contributed by atoms with Gasteiger partial charge in [0, 0.05) is 42.6 Å². The molecule has 0 atom stereocenters. The quantitative estimate of drug-likeness (QED) is 0.843. The van der Waals surface area contributed by atoms with Crippen molar-refractivity contribution in [3.05, 3.63) is 58.8 Å². The van der Waals surface area contributed by atoms with Gasteiger partial charge >= 0.3 is 0 Å². The third kappa shape index (κ3) is 4.57. The Hall–Kier alpha value is -2.33. The van der Waals surface area contributed by atoms with Crippen molar-refractivity contribution in [2.45, 2.75) is 13.3 Å². The number of carbonyl (C=O) groups is 1. The summed E-state index contributed by atoms with van der Waals surface area (Å²) in [5, 5.41) is 3.56. The minimum absolute atomic E-state index is 0.185. The summed E-state index contributed by atoms with van der Waals surface area (Å²) in [6.07, 6.45) is 5.80. The van der Waals surface area contributed by atoms with Crippen LogP contribution in [-0.2, 0) is 11.2 Å². The third-order valence-corrected chi connectivity index (χ3v) is 3.60. The molecule has 5 heteroatoms. The van der Waals surface area contributed by atoms with Crippen LogP contribution >= 0.6 is 11.6 Å². The monoisotopic (exact) mass is 329 g/mol. The van der Waals surface area contributed by atoms with Gasteiger partial charge in [0.05, 0.1) is 0 Å². The highest BCUT2D eigenvalue weighted by atomic mass is 35.5. The van der Waals surface area contributed by atoms with Gasteiger partial charge in [0.15, 0.2) is 0 Å². The Balaban J connectivity index is 2.14. The largest absolute Gasteiger partial charge is 0.362 e. The number of nitrogens with zero attached hydrogens (tertiary/aromatic N) is 2. The molecule has 1 aromatic heterocycles. The van der Waals surface area contributed by atoms with Gasteiger partial charge in [0.25, 0.3) is 0 Å². The average molecular weight is 330 g/mol. The normalized spacial score (nSPS) is 10.8. The molecule has 0 saturated carbocycles. The van der Waals surface area contributed by atoms with E-state index in [2.05, 4.69) is 10.3 Å². The number of pyridine rings is 1. The molecule has 2 aromatic rings. The van der Waals surface area contributed by atoms with Crippen LogP contribution in [0.2, 0.25) is 5.02 Å². The first-order valence-corrected chi connectivity index (χ1v) is 7.79. The Bertz CT molecular complexity index is 726. The summed E-state index contributed by atoms with van der Waals surface area (Å²) in [6, 6.07) is 9.23. The predicted molar refractivity (Wildman–Crippen MR) is 97.1 cm³/mol. The summed E-state index contributed by atoms with van der Waals surface area (Å²) in [4.78, 5) is 18.4. The maximum absolute atomic E-state index is 12.2. The molecule has 0 bridgehead atoms. The minimum atomic E-state index is -0.185. The molecule has 0 aliphatic carbocycles. The summed E-state index contributed by atoms with van der Waals surface area (Å²) >= 11 is 5.98. The van der Waals surface area contributed by atoms with Crippen LogP contribution in [0.4, 0.5) is 11.5 Å². The van der Waals surface area contributed by atoms with Gasteiger partial charge in [-0.25, -0.2) is 4.98 Å². The van der Waals surface area contributed by atoms with E-state index in [9.17, 15) is 4.79 Å².